The van der Waals surface area contributed by atoms with Gasteiger partial charge < -0.3 is 19.7 Å². The molecular formula is C24H31N3O6S. The Balaban J connectivity index is 1.92. The SMILES string of the molecule is CCS(=O)(=O)N(CC(=O)N(Cc1ccccc1)[C@H](C)C(=O)NC(C)C)c1ccc2c(c1)OCO2. The van der Waals surface area contributed by atoms with E-state index in [9.17, 15) is 18.0 Å². The van der Waals surface area contributed by atoms with Gasteiger partial charge in [-0.15, -0.1) is 0 Å². The number of fused-ring (bicyclic) bond motifs is 1. The lowest BCUT2D eigenvalue weighted by atomic mass is 10.1. The van der Waals surface area contributed by atoms with Gasteiger partial charge in [0, 0.05) is 18.7 Å². The topological polar surface area (TPSA) is 105 Å². The molecule has 2 aromatic rings. The minimum absolute atomic E-state index is 0.0472. The van der Waals surface area contributed by atoms with E-state index in [1.807, 2.05) is 44.2 Å². The van der Waals surface area contributed by atoms with Gasteiger partial charge in [0.15, 0.2) is 11.5 Å². The lowest BCUT2D eigenvalue weighted by Gasteiger charge is -2.32. The summed E-state index contributed by atoms with van der Waals surface area (Å²) in [4.78, 5) is 27.7. The molecule has 2 aromatic carbocycles. The Kier molecular flexibility index (Phi) is 8.03. The molecule has 1 heterocycles. The van der Waals surface area contributed by atoms with Crippen molar-refractivity contribution >= 4 is 27.5 Å². The maximum atomic E-state index is 13.5. The van der Waals surface area contributed by atoms with Crippen LogP contribution in [-0.4, -0.2) is 56.3 Å². The first-order valence-electron chi connectivity index (χ1n) is 11.2. The number of sulfonamides is 1. The molecule has 34 heavy (non-hydrogen) atoms. The zero-order valence-corrected chi connectivity index (χ0v) is 20.7. The van der Waals surface area contributed by atoms with Crippen molar-refractivity contribution in [2.75, 3.05) is 23.4 Å². The van der Waals surface area contributed by atoms with Gasteiger partial charge in [-0.2, -0.15) is 0 Å². The summed E-state index contributed by atoms with van der Waals surface area (Å²) in [6, 6.07) is 13.1. The highest BCUT2D eigenvalue weighted by Crippen LogP contribution is 2.36. The van der Waals surface area contributed by atoms with Crippen LogP contribution in [0.2, 0.25) is 0 Å². The standard InChI is InChI=1S/C24H31N3O6S/c1-5-34(30,31)27(20-11-12-21-22(13-20)33-16-32-21)15-23(28)26(14-19-9-7-6-8-10-19)18(4)24(29)25-17(2)3/h6-13,17-18H,5,14-16H2,1-4H3,(H,25,29)/t18-/m1/s1. The Bertz CT molecular complexity index is 1120. The second-order valence-corrected chi connectivity index (χ2v) is 10.5. The van der Waals surface area contributed by atoms with E-state index in [4.69, 9.17) is 9.47 Å². The van der Waals surface area contributed by atoms with Crippen LogP contribution in [0.1, 0.15) is 33.3 Å². The number of nitrogens with zero attached hydrogens (tertiary/aromatic N) is 2. The smallest absolute Gasteiger partial charge is 0.244 e. The first-order valence-corrected chi connectivity index (χ1v) is 12.8. The number of benzene rings is 2. The Hall–Kier alpha value is -3.27. The van der Waals surface area contributed by atoms with Crippen molar-refractivity contribution in [3.63, 3.8) is 0 Å². The molecule has 1 N–H and O–H groups in total. The Morgan fingerprint density at radius 1 is 1.03 bits per heavy atom. The Labute approximate surface area is 200 Å². The number of anilines is 1. The normalized spacial score (nSPS) is 13.4. The maximum absolute atomic E-state index is 13.5. The number of carbonyl (C=O) groups excluding carboxylic acids is 2. The van der Waals surface area contributed by atoms with Crippen molar-refractivity contribution in [2.45, 2.75) is 46.3 Å². The van der Waals surface area contributed by atoms with E-state index < -0.39 is 28.5 Å². The van der Waals surface area contributed by atoms with E-state index in [0.717, 1.165) is 9.87 Å². The number of carbonyl (C=O) groups is 2. The fourth-order valence-electron chi connectivity index (χ4n) is 3.53. The molecule has 184 valence electrons. The van der Waals surface area contributed by atoms with Gasteiger partial charge in [0.05, 0.1) is 11.4 Å². The molecule has 10 heteroatoms. The molecule has 0 bridgehead atoms. The van der Waals surface area contributed by atoms with Gasteiger partial charge in [0.2, 0.25) is 28.6 Å². The second-order valence-electron chi connectivity index (χ2n) is 8.29. The molecule has 1 aliphatic heterocycles. The molecule has 3 rings (SSSR count). The molecule has 0 aliphatic carbocycles. The summed E-state index contributed by atoms with van der Waals surface area (Å²) in [6.45, 7) is 6.57. The Morgan fingerprint density at radius 2 is 1.71 bits per heavy atom. The van der Waals surface area contributed by atoms with Crippen LogP contribution >= 0.6 is 0 Å². The minimum Gasteiger partial charge on any atom is -0.454 e. The third-order valence-corrected chi connectivity index (χ3v) is 7.16. The molecule has 2 amide bonds. The molecule has 0 saturated heterocycles. The number of hydrogen-bond acceptors (Lipinski definition) is 6. The van der Waals surface area contributed by atoms with Crippen LogP contribution in [0.15, 0.2) is 48.5 Å². The van der Waals surface area contributed by atoms with Crippen LogP contribution in [-0.2, 0) is 26.2 Å². The minimum atomic E-state index is -3.81. The molecule has 0 saturated carbocycles. The van der Waals surface area contributed by atoms with Crippen molar-refractivity contribution < 1.29 is 27.5 Å². The quantitative estimate of drug-likeness (QED) is 0.550. The van der Waals surface area contributed by atoms with Crippen molar-refractivity contribution in [1.82, 2.24) is 10.2 Å². The van der Waals surface area contributed by atoms with Gasteiger partial charge in [-0.1, -0.05) is 30.3 Å². The highest BCUT2D eigenvalue weighted by atomic mass is 32.2. The second kappa shape index (κ2) is 10.8. The fraction of sp³-hybridized carbons (Fsp3) is 0.417. The van der Waals surface area contributed by atoms with Crippen LogP contribution in [0.3, 0.4) is 0 Å². The van der Waals surface area contributed by atoms with Gasteiger partial charge in [-0.25, -0.2) is 8.42 Å². The third-order valence-electron chi connectivity index (χ3n) is 5.42. The van der Waals surface area contributed by atoms with E-state index >= 15 is 0 Å². The highest BCUT2D eigenvalue weighted by molar-refractivity contribution is 7.92. The van der Waals surface area contributed by atoms with Gasteiger partial charge in [-0.3, -0.25) is 13.9 Å². The zero-order valence-electron chi connectivity index (χ0n) is 19.9. The number of nitrogens with one attached hydrogen (secondary N) is 1. The first-order chi connectivity index (χ1) is 16.1. The van der Waals surface area contributed by atoms with E-state index in [2.05, 4.69) is 5.32 Å². The number of hydrogen-bond donors (Lipinski definition) is 1. The zero-order chi connectivity index (χ0) is 24.9. The first kappa shape index (κ1) is 25.4. The van der Waals surface area contributed by atoms with Crippen molar-refractivity contribution in [1.29, 1.82) is 0 Å². The number of rotatable bonds is 10. The molecular weight excluding hydrogens is 458 g/mol. The highest BCUT2D eigenvalue weighted by Gasteiger charge is 2.31. The molecule has 9 nitrogen and oxygen atoms in total. The van der Waals surface area contributed by atoms with Crippen LogP contribution in [0, 0.1) is 0 Å². The predicted octanol–water partition coefficient (Wildman–Crippen LogP) is 2.51. The lowest BCUT2D eigenvalue weighted by molar-refractivity contribution is -0.139. The van der Waals surface area contributed by atoms with Crippen molar-refractivity contribution in [3.05, 3.63) is 54.1 Å². The number of ether oxygens (including phenoxy) is 2. The molecule has 1 atom stereocenters. The van der Waals surface area contributed by atoms with Gasteiger partial charge in [0.1, 0.15) is 12.6 Å². The Morgan fingerprint density at radius 3 is 2.35 bits per heavy atom. The molecule has 0 fully saturated rings. The molecule has 1 aliphatic rings. The summed E-state index contributed by atoms with van der Waals surface area (Å²) in [5.41, 5.74) is 1.12. The molecule has 0 aromatic heterocycles. The van der Waals surface area contributed by atoms with E-state index in [1.165, 1.54) is 11.8 Å². The van der Waals surface area contributed by atoms with Crippen LogP contribution in [0.25, 0.3) is 0 Å². The molecule has 0 radical (unpaired) electrons. The predicted molar refractivity (Wildman–Crippen MR) is 129 cm³/mol. The summed E-state index contributed by atoms with van der Waals surface area (Å²) in [5, 5.41) is 2.82. The van der Waals surface area contributed by atoms with Gasteiger partial charge >= 0.3 is 0 Å². The van der Waals surface area contributed by atoms with E-state index in [1.54, 1.807) is 25.1 Å². The summed E-state index contributed by atoms with van der Waals surface area (Å²) in [7, 11) is -3.81. The summed E-state index contributed by atoms with van der Waals surface area (Å²) < 4.78 is 37.7. The molecule has 0 spiro atoms. The average molecular weight is 490 g/mol. The third kappa shape index (κ3) is 5.99. The molecule has 0 unspecified atom stereocenters. The van der Waals surface area contributed by atoms with Crippen LogP contribution < -0.4 is 19.1 Å². The number of amides is 2. The maximum Gasteiger partial charge on any atom is 0.244 e. The van der Waals surface area contributed by atoms with E-state index in [0.29, 0.717) is 17.2 Å². The van der Waals surface area contributed by atoms with Crippen molar-refractivity contribution in [2.24, 2.45) is 0 Å². The average Bonchev–Trinajstić information content (AvgIpc) is 3.28. The van der Waals surface area contributed by atoms with Gasteiger partial charge in [-0.05, 0) is 45.4 Å². The van der Waals surface area contributed by atoms with Crippen molar-refractivity contribution in [3.8, 4) is 11.5 Å². The van der Waals surface area contributed by atoms with Crippen LogP contribution in [0.4, 0.5) is 5.69 Å². The largest absolute Gasteiger partial charge is 0.454 e. The summed E-state index contributed by atoms with van der Waals surface area (Å²) in [5.74, 6) is -0.0885. The summed E-state index contributed by atoms with van der Waals surface area (Å²) in [6.07, 6.45) is 0. The fourth-order valence-corrected chi connectivity index (χ4v) is 4.58. The lowest BCUT2D eigenvalue weighted by Crippen LogP contribution is -2.52. The van der Waals surface area contributed by atoms with E-state index in [-0.39, 0.29) is 31.0 Å². The monoisotopic (exact) mass is 489 g/mol. The van der Waals surface area contributed by atoms with Crippen LogP contribution in [0.5, 0.6) is 11.5 Å². The van der Waals surface area contributed by atoms with Gasteiger partial charge in [0.25, 0.3) is 0 Å². The summed E-state index contributed by atoms with van der Waals surface area (Å²) >= 11 is 0.